The van der Waals surface area contributed by atoms with E-state index >= 15 is 0 Å². The molecule has 2 aromatic carbocycles. The van der Waals surface area contributed by atoms with Crippen molar-refractivity contribution in [3.05, 3.63) is 58.1 Å². The third kappa shape index (κ3) is 3.78. The normalized spacial score (nSPS) is 11.8. The Bertz CT molecular complexity index is 804. The van der Waals surface area contributed by atoms with Gasteiger partial charge in [-0.2, -0.15) is 0 Å². The van der Waals surface area contributed by atoms with Crippen molar-refractivity contribution >= 4 is 39.9 Å². The lowest BCUT2D eigenvalue weighted by Crippen LogP contribution is -2.20. The van der Waals surface area contributed by atoms with Gasteiger partial charge < -0.3 is 11.1 Å². The zero-order valence-corrected chi connectivity index (χ0v) is 14.1. The Hall–Kier alpha value is -2.18. The highest BCUT2D eigenvalue weighted by molar-refractivity contribution is 7.84. The fraction of sp³-hybridized carbons (Fsp3) is 0.125. The summed E-state index contributed by atoms with van der Waals surface area (Å²) in [6.07, 6.45) is 1.51. The Morgan fingerprint density at radius 2 is 1.74 bits per heavy atom. The molecular weight excluding hydrogens is 336 g/mol. The number of nitrogens with two attached hydrogens (primary N) is 1. The van der Waals surface area contributed by atoms with E-state index in [1.807, 2.05) is 0 Å². The molecule has 2 rings (SSSR count). The molecule has 0 radical (unpaired) electrons. The first kappa shape index (κ1) is 17.2. The zero-order valence-electron chi connectivity index (χ0n) is 12.6. The van der Waals surface area contributed by atoms with Gasteiger partial charge in [0.1, 0.15) is 0 Å². The Labute approximate surface area is 141 Å². The van der Waals surface area contributed by atoms with E-state index in [1.54, 1.807) is 37.3 Å². The van der Waals surface area contributed by atoms with Crippen molar-refractivity contribution in [3.63, 3.8) is 0 Å². The van der Waals surface area contributed by atoms with Crippen molar-refractivity contribution in [2.24, 2.45) is 5.73 Å². The van der Waals surface area contributed by atoms with Crippen molar-refractivity contribution < 1.29 is 13.8 Å². The molecule has 3 N–H and O–H groups in total. The largest absolute Gasteiger partial charge is 0.366 e. The number of benzene rings is 2. The second-order valence-corrected chi connectivity index (χ2v) is 6.68. The van der Waals surface area contributed by atoms with Crippen molar-refractivity contribution in [2.45, 2.75) is 11.8 Å². The van der Waals surface area contributed by atoms with Crippen LogP contribution in [-0.2, 0) is 10.8 Å². The van der Waals surface area contributed by atoms with Crippen molar-refractivity contribution in [1.29, 1.82) is 0 Å². The molecule has 0 fully saturated rings. The minimum atomic E-state index is -1.26. The van der Waals surface area contributed by atoms with E-state index in [2.05, 4.69) is 5.32 Å². The van der Waals surface area contributed by atoms with Crippen LogP contribution in [-0.4, -0.2) is 22.3 Å². The fourth-order valence-electron chi connectivity index (χ4n) is 2.22. The van der Waals surface area contributed by atoms with Gasteiger partial charge in [0.2, 0.25) is 0 Å². The van der Waals surface area contributed by atoms with Crippen molar-refractivity contribution in [1.82, 2.24) is 0 Å². The van der Waals surface area contributed by atoms with Gasteiger partial charge in [-0.05, 0) is 48.9 Å². The molecule has 7 heteroatoms. The maximum atomic E-state index is 12.3. The number of hydrogen-bond donors (Lipinski definition) is 2. The summed E-state index contributed by atoms with van der Waals surface area (Å²) in [5.74, 6) is -1.09. The fourth-order valence-corrected chi connectivity index (χ4v) is 3.14. The van der Waals surface area contributed by atoms with Gasteiger partial charge in [0.25, 0.3) is 11.8 Å². The van der Waals surface area contributed by atoms with Crippen LogP contribution in [0, 0.1) is 6.92 Å². The van der Waals surface area contributed by atoms with E-state index in [4.69, 9.17) is 17.3 Å². The molecule has 2 aromatic rings. The zero-order chi connectivity index (χ0) is 17.1. The number of rotatable bonds is 4. The highest BCUT2D eigenvalue weighted by Gasteiger charge is 2.18. The van der Waals surface area contributed by atoms with Crippen LogP contribution in [0.25, 0.3) is 0 Å². The van der Waals surface area contributed by atoms with Gasteiger partial charge in [-0.15, -0.1) is 0 Å². The lowest BCUT2D eigenvalue weighted by atomic mass is 10.1. The minimum Gasteiger partial charge on any atom is -0.366 e. The third-order valence-corrected chi connectivity index (χ3v) is 4.64. The number of amides is 2. The third-order valence-electron chi connectivity index (χ3n) is 3.33. The molecule has 0 aliphatic carbocycles. The molecule has 5 nitrogen and oxygen atoms in total. The number of primary amides is 1. The number of carbonyl (C=O) groups is 2. The van der Waals surface area contributed by atoms with E-state index in [9.17, 15) is 13.8 Å². The molecule has 0 heterocycles. The highest BCUT2D eigenvalue weighted by Crippen LogP contribution is 2.25. The van der Waals surface area contributed by atoms with Gasteiger partial charge in [0.15, 0.2) is 0 Å². The summed E-state index contributed by atoms with van der Waals surface area (Å²) < 4.78 is 11.7. The Kier molecular flexibility index (Phi) is 5.18. The standard InChI is InChI=1S/C16H15ClN2O3S/c1-9-13(23(2)22)8-7-12(14(9)15(18)20)19-16(21)10-3-5-11(17)6-4-10/h3-8H,1-2H3,(H2,18,20)(H,19,21). The summed E-state index contributed by atoms with van der Waals surface area (Å²) in [5, 5.41) is 3.17. The summed E-state index contributed by atoms with van der Waals surface area (Å²) in [5.41, 5.74) is 6.73. The molecule has 0 saturated carbocycles. The van der Waals surface area contributed by atoms with Gasteiger partial charge in [0, 0.05) is 21.7 Å². The van der Waals surface area contributed by atoms with Crippen LogP contribution < -0.4 is 11.1 Å². The average Bonchev–Trinajstić information content (AvgIpc) is 2.47. The summed E-state index contributed by atoms with van der Waals surface area (Å²) in [4.78, 5) is 24.5. The van der Waals surface area contributed by atoms with Gasteiger partial charge >= 0.3 is 0 Å². The predicted molar refractivity (Wildman–Crippen MR) is 91.4 cm³/mol. The van der Waals surface area contributed by atoms with Crippen LogP contribution in [0.1, 0.15) is 26.3 Å². The van der Waals surface area contributed by atoms with Gasteiger partial charge in [-0.25, -0.2) is 0 Å². The SMILES string of the molecule is Cc1c(S(C)=O)ccc(NC(=O)c2ccc(Cl)cc2)c1C(N)=O. The lowest BCUT2D eigenvalue weighted by Gasteiger charge is -2.14. The maximum absolute atomic E-state index is 12.3. The number of hydrogen-bond acceptors (Lipinski definition) is 3. The summed E-state index contributed by atoms with van der Waals surface area (Å²) in [6, 6.07) is 9.47. The first-order valence-electron chi connectivity index (χ1n) is 6.65. The molecule has 23 heavy (non-hydrogen) atoms. The van der Waals surface area contributed by atoms with E-state index in [-0.39, 0.29) is 11.3 Å². The maximum Gasteiger partial charge on any atom is 0.255 e. The van der Waals surface area contributed by atoms with Crippen LogP contribution in [0.4, 0.5) is 5.69 Å². The van der Waals surface area contributed by atoms with Gasteiger partial charge in [0.05, 0.1) is 22.1 Å². The van der Waals surface area contributed by atoms with E-state index in [0.29, 0.717) is 21.0 Å². The van der Waals surface area contributed by atoms with Crippen LogP contribution in [0.5, 0.6) is 0 Å². The molecule has 0 aliphatic heterocycles. The van der Waals surface area contributed by atoms with Crippen LogP contribution >= 0.6 is 11.6 Å². The topological polar surface area (TPSA) is 89.3 Å². The molecule has 1 atom stereocenters. The first-order valence-corrected chi connectivity index (χ1v) is 8.58. The minimum absolute atomic E-state index is 0.153. The molecule has 0 aromatic heterocycles. The molecule has 0 bridgehead atoms. The molecule has 0 spiro atoms. The Balaban J connectivity index is 2.41. The van der Waals surface area contributed by atoms with Crippen molar-refractivity contribution in [2.75, 3.05) is 11.6 Å². The molecule has 2 amide bonds. The summed E-state index contributed by atoms with van der Waals surface area (Å²) >= 11 is 5.79. The molecule has 0 saturated heterocycles. The van der Waals surface area contributed by atoms with E-state index in [1.165, 1.54) is 12.3 Å². The molecule has 1 unspecified atom stereocenters. The second-order valence-electron chi connectivity index (χ2n) is 4.89. The second kappa shape index (κ2) is 6.93. The number of carbonyl (C=O) groups excluding carboxylic acids is 2. The van der Waals surface area contributed by atoms with Crippen LogP contribution in [0.15, 0.2) is 41.3 Å². The lowest BCUT2D eigenvalue weighted by molar-refractivity contribution is 0.100. The monoisotopic (exact) mass is 350 g/mol. The summed E-state index contributed by atoms with van der Waals surface area (Å²) in [6.45, 7) is 1.65. The number of anilines is 1. The first-order chi connectivity index (χ1) is 10.8. The van der Waals surface area contributed by atoms with Gasteiger partial charge in [-0.1, -0.05) is 11.6 Å². The number of halogens is 1. The highest BCUT2D eigenvalue weighted by atomic mass is 35.5. The van der Waals surface area contributed by atoms with E-state index in [0.717, 1.165) is 0 Å². The average molecular weight is 351 g/mol. The quantitative estimate of drug-likeness (QED) is 0.888. The Morgan fingerprint density at radius 3 is 2.26 bits per heavy atom. The van der Waals surface area contributed by atoms with Gasteiger partial charge in [-0.3, -0.25) is 13.8 Å². The van der Waals surface area contributed by atoms with Crippen LogP contribution in [0.2, 0.25) is 5.02 Å². The smallest absolute Gasteiger partial charge is 0.255 e. The number of nitrogens with one attached hydrogen (secondary N) is 1. The molecular formula is C16H15ClN2O3S. The molecule has 0 aliphatic rings. The molecule has 120 valence electrons. The van der Waals surface area contributed by atoms with E-state index < -0.39 is 22.6 Å². The Morgan fingerprint density at radius 1 is 1.13 bits per heavy atom. The van der Waals surface area contributed by atoms with Crippen molar-refractivity contribution in [3.8, 4) is 0 Å². The van der Waals surface area contributed by atoms with Crippen LogP contribution in [0.3, 0.4) is 0 Å². The predicted octanol–water partition coefficient (Wildman–Crippen LogP) is 2.74. The summed E-state index contributed by atoms with van der Waals surface area (Å²) in [7, 11) is -1.26.